The minimum atomic E-state index is -0.425. The number of rotatable bonds is 6. The summed E-state index contributed by atoms with van der Waals surface area (Å²) in [6.45, 7) is 3.97. The Labute approximate surface area is 133 Å². The van der Waals surface area contributed by atoms with E-state index in [1.54, 1.807) is 18.2 Å². The number of hydrogen-bond donors (Lipinski definition) is 3. The first-order valence-corrected chi connectivity index (χ1v) is 7.27. The lowest BCUT2D eigenvalue weighted by molar-refractivity contribution is -0.152. The fraction of sp³-hybridized carbons (Fsp3) is 0.333. The van der Waals surface area contributed by atoms with Gasteiger partial charge in [-0.1, -0.05) is 29.8 Å². The van der Waals surface area contributed by atoms with E-state index in [2.05, 4.69) is 22.7 Å². The molecule has 2 rings (SSSR count). The minimum absolute atomic E-state index is 0.221. The Balaban J connectivity index is 1.92. The van der Waals surface area contributed by atoms with Crippen molar-refractivity contribution in [2.75, 3.05) is 19.7 Å². The number of halogens is 1. The van der Waals surface area contributed by atoms with Crippen molar-refractivity contribution in [1.29, 1.82) is 0 Å². The predicted octanol–water partition coefficient (Wildman–Crippen LogP) is 0.951. The van der Waals surface area contributed by atoms with E-state index in [0.29, 0.717) is 18.1 Å². The summed E-state index contributed by atoms with van der Waals surface area (Å²) in [4.78, 5) is 23.6. The van der Waals surface area contributed by atoms with Crippen LogP contribution in [0.3, 0.4) is 0 Å². The van der Waals surface area contributed by atoms with Crippen molar-refractivity contribution in [3.05, 3.63) is 47.5 Å². The molecule has 1 heterocycles. The van der Waals surface area contributed by atoms with Gasteiger partial charge in [0.05, 0.1) is 12.0 Å². The molecule has 22 heavy (non-hydrogen) atoms. The first kappa shape index (κ1) is 16.5. The molecule has 1 saturated heterocycles. The summed E-state index contributed by atoms with van der Waals surface area (Å²) in [5.74, 6) is -1.19. The number of hydrazine groups is 1. The molecular weight excluding hydrogens is 306 g/mol. The molecule has 1 amide bonds. The Kier molecular flexibility index (Phi) is 5.94. The standard InChI is InChI=1S/C15H18ClN3O3/c1-2-7-17-13(20)9-22-15(21)12-8-18-19-14(12)10-3-5-11(16)6-4-10/h2-6,12,14,18-19H,1,7-9H2,(H,17,20). The van der Waals surface area contributed by atoms with Crippen molar-refractivity contribution in [3.63, 3.8) is 0 Å². The summed E-state index contributed by atoms with van der Waals surface area (Å²) >= 11 is 5.86. The van der Waals surface area contributed by atoms with E-state index >= 15 is 0 Å². The van der Waals surface area contributed by atoms with Gasteiger partial charge in [-0.2, -0.15) is 0 Å². The number of esters is 1. The third-order valence-corrected chi connectivity index (χ3v) is 3.55. The third-order valence-electron chi connectivity index (χ3n) is 3.30. The van der Waals surface area contributed by atoms with Crippen LogP contribution < -0.4 is 16.2 Å². The van der Waals surface area contributed by atoms with E-state index in [0.717, 1.165) is 5.56 Å². The summed E-state index contributed by atoms with van der Waals surface area (Å²) < 4.78 is 5.07. The van der Waals surface area contributed by atoms with E-state index < -0.39 is 11.9 Å². The molecule has 118 valence electrons. The van der Waals surface area contributed by atoms with Crippen LogP contribution >= 0.6 is 11.6 Å². The number of hydrogen-bond acceptors (Lipinski definition) is 5. The molecule has 2 atom stereocenters. The highest BCUT2D eigenvalue weighted by Crippen LogP contribution is 2.26. The topological polar surface area (TPSA) is 79.5 Å². The Morgan fingerprint density at radius 3 is 2.82 bits per heavy atom. The van der Waals surface area contributed by atoms with E-state index in [-0.39, 0.29) is 18.6 Å². The zero-order valence-electron chi connectivity index (χ0n) is 12.0. The second-order valence-corrected chi connectivity index (χ2v) is 5.30. The molecule has 0 aromatic heterocycles. The lowest BCUT2D eigenvalue weighted by Gasteiger charge is -2.17. The lowest BCUT2D eigenvalue weighted by atomic mass is 9.95. The maximum absolute atomic E-state index is 12.1. The molecule has 0 bridgehead atoms. The lowest BCUT2D eigenvalue weighted by Crippen LogP contribution is -2.32. The second kappa shape index (κ2) is 7.93. The van der Waals surface area contributed by atoms with Crippen molar-refractivity contribution >= 4 is 23.5 Å². The molecule has 0 aliphatic carbocycles. The van der Waals surface area contributed by atoms with Gasteiger partial charge < -0.3 is 10.1 Å². The number of benzene rings is 1. The summed E-state index contributed by atoms with van der Waals surface area (Å²) in [7, 11) is 0. The summed E-state index contributed by atoms with van der Waals surface area (Å²) in [5, 5.41) is 3.18. The van der Waals surface area contributed by atoms with Gasteiger partial charge in [0.2, 0.25) is 0 Å². The molecule has 1 aromatic carbocycles. The van der Waals surface area contributed by atoms with Gasteiger partial charge in [-0.3, -0.25) is 15.0 Å². The number of nitrogens with one attached hydrogen (secondary N) is 3. The monoisotopic (exact) mass is 323 g/mol. The molecule has 1 aliphatic heterocycles. The van der Waals surface area contributed by atoms with Crippen molar-refractivity contribution < 1.29 is 14.3 Å². The Bertz CT molecular complexity index is 547. The van der Waals surface area contributed by atoms with Gasteiger partial charge in [-0.25, -0.2) is 5.43 Å². The van der Waals surface area contributed by atoms with Gasteiger partial charge in [0.25, 0.3) is 5.91 Å². The van der Waals surface area contributed by atoms with Crippen LogP contribution in [0.5, 0.6) is 0 Å². The van der Waals surface area contributed by atoms with Gasteiger partial charge in [0, 0.05) is 18.1 Å². The van der Waals surface area contributed by atoms with Gasteiger partial charge in [-0.15, -0.1) is 6.58 Å². The van der Waals surface area contributed by atoms with Crippen LogP contribution in [0.15, 0.2) is 36.9 Å². The molecule has 3 N–H and O–H groups in total. The molecule has 0 radical (unpaired) electrons. The van der Waals surface area contributed by atoms with E-state index in [1.807, 2.05) is 12.1 Å². The first-order valence-electron chi connectivity index (χ1n) is 6.90. The van der Waals surface area contributed by atoms with Crippen molar-refractivity contribution in [2.45, 2.75) is 6.04 Å². The third kappa shape index (κ3) is 4.30. The smallest absolute Gasteiger partial charge is 0.312 e. The Morgan fingerprint density at radius 2 is 2.14 bits per heavy atom. The zero-order chi connectivity index (χ0) is 15.9. The fourth-order valence-electron chi connectivity index (χ4n) is 2.18. The highest BCUT2D eigenvalue weighted by molar-refractivity contribution is 6.30. The molecule has 1 fully saturated rings. The largest absolute Gasteiger partial charge is 0.455 e. The molecular formula is C15H18ClN3O3. The number of ether oxygens (including phenoxy) is 1. The van der Waals surface area contributed by atoms with Gasteiger partial charge >= 0.3 is 5.97 Å². The highest BCUT2D eigenvalue weighted by atomic mass is 35.5. The van der Waals surface area contributed by atoms with Gasteiger partial charge in [0.15, 0.2) is 6.61 Å². The quantitative estimate of drug-likeness (QED) is 0.536. The van der Waals surface area contributed by atoms with Crippen molar-refractivity contribution in [1.82, 2.24) is 16.2 Å². The van der Waals surface area contributed by atoms with E-state index in [1.165, 1.54) is 0 Å². The zero-order valence-corrected chi connectivity index (χ0v) is 12.7. The van der Waals surface area contributed by atoms with Crippen LogP contribution in [0.4, 0.5) is 0 Å². The second-order valence-electron chi connectivity index (χ2n) is 4.86. The maximum Gasteiger partial charge on any atom is 0.312 e. The van der Waals surface area contributed by atoms with Crippen LogP contribution in [0.1, 0.15) is 11.6 Å². The van der Waals surface area contributed by atoms with Crippen LogP contribution in [0.25, 0.3) is 0 Å². The minimum Gasteiger partial charge on any atom is -0.455 e. The van der Waals surface area contributed by atoms with Crippen molar-refractivity contribution in [3.8, 4) is 0 Å². The number of carbonyl (C=O) groups is 2. The maximum atomic E-state index is 12.1. The van der Waals surface area contributed by atoms with Crippen molar-refractivity contribution in [2.24, 2.45) is 5.92 Å². The summed E-state index contributed by atoms with van der Waals surface area (Å²) in [6.07, 6.45) is 1.56. The summed E-state index contributed by atoms with van der Waals surface area (Å²) in [6, 6.07) is 7.01. The Hall–Kier alpha value is -1.89. The number of carbonyl (C=O) groups excluding carboxylic acids is 2. The Morgan fingerprint density at radius 1 is 1.41 bits per heavy atom. The van der Waals surface area contributed by atoms with Crippen LogP contribution in [0.2, 0.25) is 5.02 Å². The average Bonchev–Trinajstić information content (AvgIpc) is 3.01. The molecule has 1 aromatic rings. The van der Waals surface area contributed by atoms with Gasteiger partial charge in [-0.05, 0) is 17.7 Å². The van der Waals surface area contributed by atoms with E-state index in [4.69, 9.17) is 16.3 Å². The fourth-order valence-corrected chi connectivity index (χ4v) is 2.31. The van der Waals surface area contributed by atoms with Crippen LogP contribution in [0, 0.1) is 5.92 Å². The van der Waals surface area contributed by atoms with Crippen LogP contribution in [-0.2, 0) is 14.3 Å². The summed E-state index contributed by atoms with van der Waals surface area (Å²) in [5.41, 5.74) is 6.90. The van der Waals surface area contributed by atoms with Crippen LogP contribution in [-0.4, -0.2) is 31.6 Å². The molecule has 0 spiro atoms. The average molecular weight is 324 g/mol. The van der Waals surface area contributed by atoms with E-state index in [9.17, 15) is 9.59 Å². The molecule has 7 heteroatoms. The molecule has 2 unspecified atom stereocenters. The van der Waals surface area contributed by atoms with Gasteiger partial charge in [0.1, 0.15) is 0 Å². The normalized spacial score (nSPS) is 20.4. The molecule has 0 saturated carbocycles. The predicted molar refractivity (Wildman–Crippen MR) is 83.0 cm³/mol. The SMILES string of the molecule is C=CCNC(=O)COC(=O)C1CNNC1c1ccc(Cl)cc1. The number of amides is 1. The first-order chi connectivity index (χ1) is 10.6. The molecule has 6 nitrogen and oxygen atoms in total. The highest BCUT2D eigenvalue weighted by Gasteiger charge is 2.35. The molecule has 1 aliphatic rings.